The van der Waals surface area contributed by atoms with Crippen LogP contribution in [0.2, 0.25) is 10.0 Å². The highest BCUT2D eigenvalue weighted by atomic mass is 35.5. The number of carbonyl (C=O) groups is 1. The number of hydrogen-bond donors (Lipinski definition) is 1. The first-order valence-electron chi connectivity index (χ1n) is 8.58. The molecule has 0 saturated carbocycles. The fourth-order valence-electron chi connectivity index (χ4n) is 3.95. The van der Waals surface area contributed by atoms with Crippen molar-refractivity contribution in [3.05, 3.63) is 51.8 Å². The third kappa shape index (κ3) is 3.22. The monoisotopic (exact) mass is 414 g/mol. The van der Waals surface area contributed by atoms with Crippen molar-refractivity contribution in [2.45, 2.75) is 31.3 Å². The summed E-state index contributed by atoms with van der Waals surface area (Å²) in [5.74, 6) is 0.148. The highest BCUT2D eigenvalue weighted by Crippen LogP contribution is 2.35. The Labute approximate surface area is 169 Å². The van der Waals surface area contributed by atoms with Crippen LogP contribution < -0.4 is 5.32 Å². The number of amides is 1. The molecule has 0 spiro atoms. The van der Waals surface area contributed by atoms with E-state index in [-0.39, 0.29) is 18.3 Å². The number of carbonyl (C=O) groups excluding carboxylic acids is 1. The van der Waals surface area contributed by atoms with Crippen molar-refractivity contribution in [3.8, 4) is 0 Å². The van der Waals surface area contributed by atoms with Gasteiger partial charge in [0.25, 0.3) is 5.91 Å². The lowest BCUT2D eigenvalue weighted by Crippen LogP contribution is -2.56. The van der Waals surface area contributed by atoms with E-state index in [4.69, 9.17) is 23.2 Å². The third-order valence-corrected chi connectivity index (χ3v) is 6.19. The number of nitrogens with zero attached hydrogens (tertiary/aromatic N) is 3. The van der Waals surface area contributed by atoms with Crippen molar-refractivity contribution in [1.82, 2.24) is 20.0 Å². The van der Waals surface area contributed by atoms with Crippen LogP contribution in [0.25, 0.3) is 0 Å². The molecular weight excluding hydrogens is 395 g/mol. The Morgan fingerprint density at radius 1 is 1.23 bits per heavy atom. The van der Waals surface area contributed by atoms with E-state index in [1.165, 1.54) is 0 Å². The molecule has 3 heterocycles. The van der Waals surface area contributed by atoms with Crippen LogP contribution in [-0.2, 0) is 23.3 Å². The second-order valence-electron chi connectivity index (χ2n) is 6.71. The number of benzene rings is 1. The maximum atomic E-state index is 13.5. The molecule has 1 aromatic carbocycles. The van der Waals surface area contributed by atoms with Crippen LogP contribution in [0, 0.1) is 0 Å². The van der Waals surface area contributed by atoms with Crippen LogP contribution in [0.3, 0.4) is 0 Å². The van der Waals surface area contributed by atoms with Crippen molar-refractivity contribution >= 4 is 41.5 Å². The predicted molar refractivity (Wildman–Crippen MR) is 105 cm³/mol. The minimum Gasteiger partial charge on any atom is -0.336 e. The molecule has 2 aromatic rings. The highest BCUT2D eigenvalue weighted by molar-refractivity contribution is 6.42. The average molecular weight is 416 g/mol. The zero-order valence-electron chi connectivity index (χ0n) is 14.3. The SMILES string of the molecule is Cl.O=C(N1CCc2c(ccc(Cl)c2Cl)C1)C1(n2cccn2)CCNCC1. The molecule has 4 rings (SSSR count). The molecular formula is C18H21Cl3N4O. The number of rotatable bonds is 2. The summed E-state index contributed by atoms with van der Waals surface area (Å²) in [6.45, 7) is 2.86. The fourth-order valence-corrected chi connectivity index (χ4v) is 4.41. The molecule has 1 aromatic heterocycles. The van der Waals surface area contributed by atoms with Crippen LogP contribution in [0.1, 0.15) is 24.0 Å². The van der Waals surface area contributed by atoms with E-state index >= 15 is 0 Å². The van der Waals surface area contributed by atoms with Gasteiger partial charge in [0.05, 0.1) is 10.0 Å². The third-order valence-electron chi connectivity index (χ3n) is 5.34. The molecule has 0 bridgehead atoms. The van der Waals surface area contributed by atoms with Crippen LogP contribution in [0.5, 0.6) is 0 Å². The first-order chi connectivity index (χ1) is 12.1. The molecule has 26 heavy (non-hydrogen) atoms. The summed E-state index contributed by atoms with van der Waals surface area (Å²) in [4.78, 5) is 15.5. The first-order valence-corrected chi connectivity index (χ1v) is 9.33. The Bertz CT molecular complexity index is 788. The molecule has 2 aliphatic rings. The maximum Gasteiger partial charge on any atom is 0.250 e. The van der Waals surface area contributed by atoms with Crippen molar-refractivity contribution in [2.75, 3.05) is 19.6 Å². The number of halogens is 3. The van der Waals surface area contributed by atoms with Gasteiger partial charge in [0.2, 0.25) is 0 Å². The molecule has 0 radical (unpaired) electrons. The summed E-state index contributed by atoms with van der Waals surface area (Å²) in [5.41, 5.74) is 1.55. The quantitative estimate of drug-likeness (QED) is 0.819. The van der Waals surface area contributed by atoms with E-state index in [9.17, 15) is 4.79 Å². The van der Waals surface area contributed by atoms with E-state index in [1.54, 1.807) is 6.20 Å². The van der Waals surface area contributed by atoms with Crippen LogP contribution in [0.15, 0.2) is 30.6 Å². The molecule has 140 valence electrons. The van der Waals surface area contributed by atoms with Gasteiger partial charge in [0, 0.05) is 25.5 Å². The van der Waals surface area contributed by atoms with Crippen LogP contribution in [0.4, 0.5) is 0 Å². The Morgan fingerprint density at radius 3 is 2.69 bits per heavy atom. The summed E-state index contributed by atoms with van der Waals surface area (Å²) in [6, 6.07) is 5.67. The molecule has 0 unspecified atom stereocenters. The molecule has 8 heteroatoms. The smallest absolute Gasteiger partial charge is 0.250 e. The Kier molecular flexibility index (Phi) is 5.82. The lowest BCUT2D eigenvalue weighted by molar-refractivity contribution is -0.144. The standard InChI is InChI=1S/C18H20Cl2N4O.ClH/c19-15-3-2-13-12-23(11-4-14(13)16(15)20)17(25)18(5-8-21-9-6-18)24-10-1-7-22-24;/h1-3,7,10,21H,4-6,8-9,11-12H2;1H. The maximum absolute atomic E-state index is 13.5. The Balaban J connectivity index is 0.00000196. The van der Waals surface area contributed by atoms with Gasteiger partial charge in [-0.15, -0.1) is 12.4 Å². The molecule has 1 fully saturated rings. The molecule has 5 nitrogen and oxygen atoms in total. The van der Waals surface area contributed by atoms with Gasteiger partial charge in [-0.2, -0.15) is 5.10 Å². The molecule has 2 aliphatic heterocycles. The van der Waals surface area contributed by atoms with Gasteiger partial charge in [-0.05, 0) is 55.6 Å². The zero-order chi connectivity index (χ0) is 17.4. The first kappa shape index (κ1) is 19.5. The van der Waals surface area contributed by atoms with Crippen molar-refractivity contribution < 1.29 is 4.79 Å². The second kappa shape index (κ2) is 7.77. The van der Waals surface area contributed by atoms with Crippen molar-refractivity contribution in [3.63, 3.8) is 0 Å². The lowest BCUT2D eigenvalue weighted by Gasteiger charge is -2.41. The molecule has 1 saturated heterocycles. The normalized spacial score (nSPS) is 18.8. The van der Waals surface area contributed by atoms with Gasteiger partial charge < -0.3 is 10.2 Å². The fraction of sp³-hybridized carbons (Fsp3) is 0.444. The average Bonchev–Trinajstić information content (AvgIpc) is 3.20. The van der Waals surface area contributed by atoms with Gasteiger partial charge in [-0.3, -0.25) is 9.48 Å². The van der Waals surface area contributed by atoms with Gasteiger partial charge in [0.1, 0.15) is 5.54 Å². The van der Waals surface area contributed by atoms with E-state index < -0.39 is 5.54 Å². The molecule has 1 N–H and O–H groups in total. The van der Waals surface area contributed by atoms with E-state index in [0.29, 0.717) is 23.1 Å². The van der Waals surface area contributed by atoms with Gasteiger partial charge in [-0.1, -0.05) is 29.3 Å². The molecule has 1 amide bonds. The minimum absolute atomic E-state index is 0. The topological polar surface area (TPSA) is 50.2 Å². The summed E-state index contributed by atoms with van der Waals surface area (Å²) in [7, 11) is 0. The van der Waals surface area contributed by atoms with Crippen molar-refractivity contribution in [2.24, 2.45) is 0 Å². The summed E-state index contributed by atoms with van der Waals surface area (Å²) in [5, 5.41) is 8.94. The number of fused-ring (bicyclic) bond motifs is 1. The molecule has 0 aliphatic carbocycles. The second-order valence-corrected chi connectivity index (χ2v) is 7.49. The summed E-state index contributed by atoms with van der Waals surface area (Å²) in [6.07, 6.45) is 5.87. The highest BCUT2D eigenvalue weighted by Gasteiger charge is 2.45. The van der Waals surface area contributed by atoms with Crippen LogP contribution in [-0.4, -0.2) is 40.2 Å². The zero-order valence-corrected chi connectivity index (χ0v) is 16.6. The summed E-state index contributed by atoms with van der Waals surface area (Å²) < 4.78 is 1.85. The number of nitrogens with one attached hydrogen (secondary N) is 1. The van der Waals surface area contributed by atoms with Gasteiger partial charge in [0.15, 0.2) is 0 Å². The lowest BCUT2D eigenvalue weighted by atomic mass is 9.85. The Hall–Kier alpha value is -1.27. The van der Waals surface area contributed by atoms with Gasteiger partial charge >= 0.3 is 0 Å². The van der Waals surface area contributed by atoms with E-state index in [0.717, 1.165) is 43.5 Å². The van der Waals surface area contributed by atoms with Gasteiger partial charge in [-0.25, -0.2) is 0 Å². The predicted octanol–water partition coefficient (Wildman–Crippen LogP) is 3.28. The summed E-state index contributed by atoms with van der Waals surface area (Å²) >= 11 is 12.5. The number of hydrogen-bond acceptors (Lipinski definition) is 3. The Morgan fingerprint density at radius 2 is 2.00 bits per heavy atom. The molecule has 0 atom stereocenters. The van der Waals surface area contributed by atoms with E-state index in [2.05, 4.69) is 10.4 Å². The largest absolute Gasteiger partial charge is 0.336 e. The van der Waals surface area contributed by atoms with Crippen LogP contribution >= 0.6 is 35.6 Å². The minimum atomic E-state index is -0.595. The number of aromatic nitrogens is 2. The van der Waals surface area contributed by atoms with E-state index in [1.807, 2.05) is 34.0 Å². The van der Waals surface area contributed by atoms with Crippen molar-refractivity contribution in [1.29, 1.82) is 0 Å². The number of piperidine rings is 1.